The van der Waals surface area contributed by atoms with Crippen molar-refractivity contribution in [2.24, 2.45) is 0 Å². The van der Waals surface area contributed by atoms with E-state index < -0.39 is 5.97 Å². The van der Waals surface area contributed by atoms with Crippen molar-refractivity contribution < 1.29 is 14.6 Å². The number of halogens is 1. The molecule has 21 heavy (non-hydrogen) atoms. The monoisotopic (exact) mass is 320 g/mol. The van der Waals surface area contributed by atoms with Gasteiger partial charge in [-0.05, 0) is 30.2 Å². The van der Waals surface area contributed by atoms with E-state index in [9.17, 15) is 9.90 Å². The highest BCUT2D eigenvalue weighted by Crippen LogP contribution is 2.37. The van der Waals surface area contributed by atoms with Crippen LogP contribution in [0.15, 0.2) is 47.4 Å². The first-order valence-corrected chi connectivity index (χ1v) is 7.80. The molecule has 0 spiro atoms. The second-order valence-electron chi connectivity index (χ2n) is 4.78. The Hall–Kier alpha value is -1.65. The molecule has 0 aromatic heterocycles. The van der Waals surface area contributed by atoms with Crippen LogP contribution in [0.5, 0.6) is 5.75 Å². The summed E-state index contributed by atoms with van der Waals surface area (Å²) in [5, 5.41) is 9.79. The third-order valence-electron chi connectivity index (χ3n) is 3.32. The topological polar surface area (TPSA) is 46.5 Å². The molecule has 0 aliphatic carbocycles. The molecule has 1 heterocycles. The summed E-state index contributed by atoms with van der Waals surface area (Å²) in [6.45, 7) is 0.434. The number of para-hydroxylation sites is 1. The van der Waals surface area contributed by atoms with Crippen LogP contribution in [0.3, 0.4) is 0 Å². The van der Waals surface area contributed by atoms with Crippen LogP contribution in [-0.2, 0) is 6.42 Å². The molecule has 0 bridgehead atoms. The first-order valence-electron chi connectivity index (χ1n) is 6.54. The first kappa shape index (κ1) is 14.3. The van der Waals surface area contributed by atoms with Crippen LogP contribution in [-0.4, -0.2) is 22.9 Å². The van der Waals surface area contributed by atoms with Crippen molar-refractivity contribution in [1.29, 1.82) is 0 Å². The van der Waals surface area contributed by atoms with Crippen molar-refractivity contribution in [2.45, 2.75) is 16.6 Å². The number of hydrogen-bond acceptors (Lipinski definition) is 3. The average Bonchev–Trinajstić information content (AvgIpc) is 2.88. The van der Waals surface area contributed by atoms with Crippen molar-refractivity contribution in [3.63, 3.8) is 0 Å². The molecule has 3 rings (SSSR count). The lowest BCUT2D eigenvalue weighted by molar-refractivity contribution is 0.0692. The summed E-state index contributed by atoms with van der Waals surface area (Å²) in [4.78, 5) is 12.5. The zero-order chi connectivity index (χ0) is 14.8. The Bertz CT molecular complexity index is 662. The number of carbonyl (C=O) groups is 1. The molecule has 5 heteroatoms. The molecule has 3 nitrogen and oxygen atoms in total. The number of rotatable bonds is 4. The molecular weight excluding hydrogens is 308 g/mol. The molecule has 0 saturated heterocycles. The lowest BCUT2D eigenvalue weighted by atomic mass is 10.1. The predicted molar refractivity (Wildman–Crippen MR) is 83.7 cm³/mol. The molecule has 1 unspecified atom stereocenters. The zero-order valence-corrected chi connectivity index (χ0v) is 12.7. The summed E-state index contributed by atoms with van der Waals surface area (Å²) in [7, 11) is 0. The Morgan fingerprint density at radius 3 is 2.86 bits per heavy atom. The molecule has 0 saturated carbocycles. The van der Waals surface area contributed by atoms with E-state index in [2.05, 4.69) is 12.1 Å². The van der Waals surface area contributed by atoms with Gasteiger partial charge in [0.1, 0.15) is 12.2 Å². The fraction of sp³-hybridized carbons (Fsp3) is 0.188. The van der Waals surface area contributed by atoms with Crippen LogP contribution in [0, 0.1) is 0 Å². The third kappa shape index (κ3) is 3.01. The molecule has 1 aliphatic heterocycles. The molecule has 1 N–H and O–H groups in total. The Balaban J connectivity index is 1.71. The second kappa shape index (κ2) is 6.00. The molecular formula is C16H13ClO3S. The average molecular weight is 321 g/mol. The minimum absolute atomic E-state index is 0.100. The number of benzene rings is 2. The van der Waals surface area contributed by atoms with Crippen LogP contribution in [0.25, 0.3) is 0 Å². The van der Waals surface area contributed by atoms with E-state index in [1.165, 1.54) is 16.5 Å². The molecule has 1 aliphatic rings. The van der Waals surface area contributed by atoms with E-state index >= 15 is 0 Å². The standard InChI is InChI=1S/C16H13ClO3S/c17-13-6-3-5-12(16(18)19)15(13)20-9-11-8-10-4-1-2-7-14(10)21-11/h1-7,11H,8-9H2,(H,18,19). The van der Waals surface area contributed by atoms with Crippen LogP contribution in [0.4, 0.5) is 0 Å². The lowest BCUT2D eigenvalue weighted by Crippen LogP contribution is -2.15. The molecule has 0 radical (unpaired) electrons. The van der Waals surface area contributed by atoms with E-state index in [0.717, 1.165) is 6.42 Å². The quantitative estimate of drug-likeness (QED) is 0.920. The van der Waals surface area contributed by atoms with Gasteiger partial charge in [-0.25, -0.2) is 4.79 Å². The minimum Gasteiger partial charge on any atom is -0.490 e. The fourth-order valence-electron chi connectivity index (χ4n) is 2.35. The molecule has 108 valence electrons. The Morgan fingerprint density at radius 2 is 2.10 bits per heavy atom. The minimum atomic E-state index is -1.03. The van der Waals surface area contributed by atoms with E-state index in [-0.39, 0.29) is 16.6 Å². The maximum Gasteiger partial charge on any atom is 0.339 e. The van der Waals surface area contributed by atoms with Crippen LogP contribution in [0.1, 0.15) is 15.9 Å². The predicted octanol–water partition coefficient (Wildman–Crippen LogP) is 4.13. The largest absolute Gasteiger partial charge is 0.490 e. The highest BCUT2D eigenvalue weighted by molar-refractivity contribution is 8.00. The highest BCUT2D eigenvalue weighted by Gasteiger charge is 2.23. The normalized spacial score (nSPS) is 16.5. The summed E-state index contributed by atoms with van der Waals surface area (Å²) in [5.74, 6) is -0.780. The summed E-state index contributed by atoms with van der Waals surface area (Å²) in [5.41, 5.74) is 1.41. The van der Waals surface area contributed by atoms with Crippen LogP contribution < -0.4 is 4.74 Å². The van der Waals surface area contributed by atoms with Crippen LogP contribution in [0.2, 0.25) is 5.02 Å². The number of aromatic carboxylic acids is 1. The Kier molecular flexibility index (Phi) is 4.08. The van der Waals surface area contributed by atoms with Gasteiger partial charge in [-0.2, -0.15) is 0 Å². The zero-order valence-electron chi connectivity index (χ0n) is 11.1. The van der Waals surface area contributed by atoms with Crippen molar-refractivity contribution >= 4 is 29.3 Å². The molecule has 0 amide bonds. The third-order valence-corrected chi connectivity index (χ3v) is 4.91. The first-order chi connectivity index (χ1) is 10.1. The van der Waals surface area contributed by atoms with E-state index in [1.807, 2.05) is 12.1 Å². The van der Waals surface area contributed by atoms with Gasteiger partial charge in [0.05, 0.1) is 5.02 Å². The van der Waals surface area contributed by atoms with E-state index in [1.54, 1.807) is 23.9 Å². The number of ether oxygens (including phenoxy) is 1. The van der Waals surface area contributed by atoms with Gasteiger partial charge in [0, 0.05) is 10.1 Å². The number of carboxylic acids is 1. The van der Waals surface area contributed by atoms with E-state index in [0.29, 0.717) is 11.6 Å². The van der Waals surface area contributed by atoms with Crippen molar-refractivity contribution in [2.75, 3.05) is 6.61 Å². The Labute approximate surface area is 131 Å². The number of fused-ring (bicyclic) bond motifs is 1. The number of hydrogen-bond donors (Lipinski definition) is 1. The highest BCUT2D eigenvalue weighted by atomic mass is 35.5. The summed E-state index contributed by atoms with van der Waals surface area (Å²) in [6.07, 6.45) is 0.924. The van der Waals surface area contributed by atoms with Gasteiger partial charge < -0.3 is 9.84 Å². The van der Waals surface area contributed by atoms with Gasteiger partial charge in [0.25, 0.3) is 0 Å². The van der Waals surface area contributed by atoms with E-state index in [4.69, 9.17) is 16.3 Å². The summed E-state index contributed by atoms with van der Waals surface area (Å²) in [6, 6.07) is 13.0. The summed E-state index contributed by atoms with van der Waals surface area (Å²) >= 11 is 7.81. The Morgan fingerprint density at radius 1 is 1.29 bits per heavy atom. The maximum absolute atomic E-state index is 11.2. The lowest BCUT2D eigenvalue weighted by Gasteiger charge is -2.14. The van der Waals surface area contributed by atoms with Gasteiger partial charge in [-0.15, -0.1) is 11.8 Å². The smallest absolute Gasteiger partial charge is 0.339 e. The van der Waals surface area contributed by atoms with Crippen molar-refractivity contribution in [3.8, 4) is 5.75 Å². The van der Waals surface area contributed by atoms with Gasteiger partial charge in [-0.3, -0.25) is 0 Å². The number of carboxylic acid groups (broad SMARTS) is 1. The molecule has 2 aromatic rings. The van der Waals surface area contributed by atoms with Gasteiger partial charge in [0.15, 0.2) is 5.75 Å². The molecule has 0 fully saturated rings. The van der Waals surface area contributed by atoms with Crippen molar-refractivity contribution in [1.82, 2.24) is 0 Å². The van der Waals surface area contributed by atoms with Crippen LogP contribution >= 0.6 is 23.4 Å². The second-order valence-corrected chi connectivity index (χ2v) is 6.53. The SMILES string of the molecule is O=C(O)c1cccc(Cl)c1OCC1Cc2ccccc2S1. The number of thioether (sulfide) groups is 1. The van der Waals surface area contributed by atoms with Gasteiger partial charge in [0.2, 0.25) is 0 Å². The fourth-order valence-corrected chi connectivity index (χ4v) is 3.79. The van der Waals surface area contributed by atoms with Gasteiger partial charge in [-0.1, -0.05) is 35.9 Å². The molecule has 2 aromatic carbocycles. The maximum atomic E-state index is 11.2. The van der Waals surface area contributed by atoms with Crippen molar-refractivity contribution in [3.05, 3.63) is 58.6 Å². The van der Waals surface area contributed by atoms with Gasteiger partial charge >= 0.3 is 5.97 Å². The summed E-state index contributed by atoms with van der Waals surface area (Å²) < 4.78 is 5.71. The molecule has 1 atom stereocenters.